The van der Waals surface area contributed by atoms with Crippen molar-refractivity contribution in [3.05, 3.63) is 116 Å². The number of aliphatic hydroxyl groups is 1. The van der Waals surface area contributed by atoms with Gasteiger partial charge < -0.3 is 20.6 Å². The average molecular weight is 662 g/mol. The Morgan fingerprint density at radius 2 is 1.62 bits per heavy atom. The molecular formula is C37H41F2N3O4S. The van der Waals surface area contributed by atoms with Crippen LogP contribution in [0.1, 0.15) is 73.8 Å². The summed E-state index contributed by atoms with van der Waals surface area (Å²) in [7, 11) is 0. The maximum absolute atomic E-state index is 14.1. The number of aliphatic hydroxyl groups excluding tert-OH is 1. The van der Waals surface area contributed by atoms with E-state index in [9.17, 15) is 28.3 Å². The van der Waals surface area contributed by atoms with Crippen LogP contribution in [0.15, 0.2) is 72.1 Å². The molecule has 3 aromatic carbocycles. The van der Waals surface area contributed by atoms with E-state index in [1.54, 1.807) is 30.0 Å². The fourth-order valence-corrected chi connectivity index (χ4v) is 6.24. The molecule has 0 aliphatic rings. The van der Waals surface area contributed by atoms with E-state index in [1.165, 1.54) is 23.5 Å². The molecule has 0 saturated heterocycles. The van der Waals surface area contributed by atoms with E-state index in [0.29, 0.717) is 30.1 Å². The van der Waals surface area contributed by atoms with E-state index in [-0.39, 0.29) is 30.0 Å². The molecule has 1 heterocycles. The summed E-state index contributed by atoms with van der Waals surface area (Å²) in [5.41, 5.74) is 4.49. The van der Waals surface area contributed by atoms with E-state index in [1.807, 2.05) is 49.6 Å². The molecule has 2 atom stereocenters. The van der Waals surface area contributed by atoms with E-state index >= 15 is 0 Å². The van der Waals surface area contributed by atoms with Gasteiger partial charge in [0.2, 0.25) is 0 Å². The van der Waals surface area contributed by atoms with E-state index in [0.717, 1.165) is 47.4 Å². The standard InChI is InChI=1S/C37H41F2N3O4S/c1-4-9-42(10-5-2)37(46)29-12-24(3)11-28(17-29)36(45)41-34(16-26-14-31(38)19-32(39)15-26)35(44)21-40-20-25-7-6-8-27(13-25)30-18-33(22-43)47-23-30/h6-8,11-15,17-19,22-23,34-35,40,44H,4-5,9-10,16,20-21H2,1-3H3,(H,41,45)/t34-,35+/m0/s1. The van der Waals surface area contributed by atoms with Crippen molar-refractivity contribution in [1.82, 2.24) is 15.5 Å². The van der Waals surface area contributed by atoms with Crippen LogP contribution in [0.5, 0.6) is 0 Å². The first-order valence-corrected chi connectivity index (χ1v) is 16.7. The molecule has 7 nitrogen and oxygen atoms in total. The molecule has 0 bridgehead atoms. The first kappa shape index (κ1) is 35.6. The van der Waals surface area contributed by atoms with Crippen LogP contribution in [0.4, 0.5) is 8.78 Å². The number of amides is 2. The highest BCUT2D eigenvalue weighted by Gasteiger charge is 2.24. The molecule has 47 heavy (non-hydrogen) atoms. The summed E-state index contributed by atoms with van der Waals surface area (Å²) >= 11 is 1.37. The molecular weight excluding hydrogens is 620 g/mol. The van der Waals surface area contributed by atoms with Crippen molar-refractivity contribution in [2.45, 2.75) is 58.7 Å². The average Bonchev–Trinajstić information content (AvgIpc) is 3.53. The molecule has 0 aliphatic carbocycles. The molecule has 248 valence electrons. The molecule has 10 heteroatoms. The van der Waals surface area contributed by atoms with Gasteiger partial charge in [-0.2, -0.15) is 0 Å². The minimum absolute atomic E-state index is 0.0334. The number of carbonyl (C=O) groups excluding carboxylic acids is 3. The normalized spacial score (nSPS) is 12.4. The van der Waals surface area contributed by atoms with Crippen molar-refractivity contribution in [3.8, 4) is 11.1 Å². The summed E-state index contributed by atoms with van der Waals surface area (Å²) in [6.45, 7) is 7.49. The second-order valence-electron chi connectivity index (χ2n) is 11.7. The van der Waals surface area contributed by atoms with E-state index < -0.39 is 29.7 Å². The molecule has 2 amide bonds. The number of hydrogen-bond acceptors (Lipinski definition) is 6. The Balaban J connectivity index is 1.50. The molecule has 1 aromatic heterocycles. The Kier molecular flexibility index (Phi) is 12.9. The van der Waals surface area contributed by atoms with Crippen molar-refractivity contribution < 1.29 is 28.3 Å². The summed E-state index contributed by atoms with van der Waals surface area (Å²) < 4.78 is 28.1. The predicted molar refractivity (Wildman–Crippen MR) is 182 cm³/mol. The van der Waals surface area contributed by atoms with Gasteiger partial charge in [-0.3, -0.25) is 14.4 Å². The van der Waals surface area contributed by atoms with Crippen LogP contribution in [0, 0.1) is 18.6 Å². The number of nitrogens with zero attached hydrogens (tertiary/aromatic N) is 1. The Labute approximate surface area is 278 Å². The Morgan fingerprint density at radius 3 is 2.28 bits per heavy atom. The zero-order valence-electron chi connectivity index (χ0n) is 26.9. The van der Waals surface area contributed by atoms with E-state index in [4.69, 9.17) is 0 Å². The van der Waals surface area contributed by atoms with Gasteiger partial charge in [-0.05, 0) is 102 Å². The number of thiophene rings is 1. The highest BCUT2D eigenvalue weighted by atomic mass is 32.1. The molecule has 0 fully saturated rings. The maximum Gasteiger partial charge on any atom is 0.253 e. The molecule has 0 unspecified atom stereocenters. The molecule has 3 N–H and O–H groups in total. The van der Waals surface area contributed by atoms with Crippen LogP contribution in [-0.2, 0) is 13.0 Å². The van der Waals surface area contributed by atoms with Gasteiger partial charge in [0, 0.05) is 43.4 Å². The third-order valence-corrected chi connectivity index (χ3v) is 8.56. The van der Waals surface area contributed by atoms with E-state index in [2.05, 4.69) is 10.6 Å². The van der Waals surface area contributed by atoms with Gasteiger partial charge >= 0.3 is 0 Å². The van der Waals surface area contributed by atoms with Gasteiger partial charge in [0.05, 0.1) is 17.0 Å². The van der Waals surface area contributed by atoms with Gasteiger partial charge in [0.1, 0.15) is 11.6 Å². The summed E-state index contributed by atoms with van der Waals surface area (Å²) in [5.74, 6) is -2.18. The number of carbonyl (C=O) groups is 3. The maximum atomic E-state index is 14.1. The van der Waals surface area contributed by atoms with Gasteiger partial charge in [0.25, 0.3) is 11.8 Å². The number of halogens is 2. The number of rotatable bonds is 16. The summed E-state index contributed by atoms with van der Waals surface area (Å²) in [6.07, 6.45) is 1.27. The first-order valence-electron chi connectivity index (χ1n) is 15.8. The van der Waals surface area contributed by atoms with Crippen LogP contribution in [0.2, 0.25) is 0 Å². The quantitative estimate of drug-likeness (QED) is 0.118. The van der Waals surface area contributed by atoms with Crippen LogP contribution < -0.4 is 10.6 Å². The number of hydrogen-bond donors (Lipinski definition) is 3. The predicted octanol–water partition coefficient (Wildman–Crippen LogP) is 6.57. The van der Waals surface area contributed by atoms with Crippen LogP contribution in [0.25, 0.3) is 11.1 Å². The van der Waals surface area contributed by atoms with Crippen LogP contribution in [-0.4, -0.2) is 59.9 Å². The summed E-state index contributed by atoms with van der Waals surface area (Å²) in [5, 5.41) is 19.3. The Morgan fingerprint density at radius 1 is 0.915 bits per heavy atom. The highest BCUT2D eigenvalue weighted by Crippen LogP contribution is 2.25. The zero-order chi connectivity index (χ0) is 33.9. The third kappa shape index (κ3) is 10.1. The third-order valence-electron chi connectivity index (χ3n) is 7.70. The topological polar surface area (TPSA) is 98.7 Å². The fraction of sp³-hybridized carbons (Fsp3) is 0.324. The number of aryl methyl sites for hydroxylation is 1. The van der Waals surface area contributed by atoms with Gasteiger partial charge in [0.15, 0.2) is 6.29 Å². The molecule has 0 saturated carbocycles. The SMILES string of the molecule is CCCN(CCC)C(=O)c1cc(C)cc(C(=O)N[C@@H](Cc2cc(F)cc(F)c2)[C@H](O)CNCc2cccc(-c3csc(C=O)c3)c2)c1. The summed E-state index contributed by atoms with van der Waals surface area (Å²) in [6, 6.07) is 16.8. The first-order chi connectivity index (χ1) is 22.6. The number of aldehydes is 1. The smallest absolute Gasteiger partial charge is 0.253 e. The Bertz CT molecular complexity index is 1670. The lowest BCUT2D eigenvalue weighted by atomic mass is 9.99. The Hall–Kier alpha value is -4.25. The monoisotopic (exact) mass is 661 g/mol. The van der Waals surface area contributed by atoms with Crippen molar-refractivity contribution in [1.29, 1.82) is 0 Å². The molecule has 0 radical (unpaired) electrons. The lowest BCUT2D eigenvalue weighted by molar-refractivity contribution is 0.0755. The number of nitrogens with one attached hydrogen (secondary N) is 2. The van der Waals surface area contributed by atoms with Gasteiger partial charge in [-0.15, -0.1) is 11.3 Å². The lowest BCUT2D eigenvalue weighted by Crippen LogP contribution is -2.48. The fourth-order valence-electron chi connectivity index (χ4n) is 5.53. The molecule has 4 aromatic rings. The molecule has 4 rings (SSSR count). The van der Waals surface area contributed by atoms with Crippen molar-refractivity contribution in [2.24, 2.45) is 0 Å². The minimum Gasteiger partial charge on any atom is -0.390 e. The molecule has 0 spiro atoms. The van der Waals surface area contributed by atoms with Crippen molar-refractivity contribution >= 4 is 29.4 Å². The second kappa shape index (κ2) is 17.1. The van der Waals surface area contributed by atoms with Crippen molar-refractivity contribution in [2.75, 3.05) is 19.6 Å². The highest BCUT2D eigenvalue weighted by molar-refractivity contribution is 7.12. The lowest BCUT2D eigenvalue weighted by Gasteiger charge is -2.25. The summed E-state index contributed by atoms with van der Waals surface area (Å²) in [4.78, 5) is 40.4. The second-order valence-corrected chi connectivity index (χ2v) is 12.6. The largest absolute Gasteiger partial charge is 0.390 e. The zero-order valence-corrected chi connectivity index (χ0v) is 27.7. The molecule has 0 aliphatic heterocycles. The number of benzene rings is 3. The van der Waals surface area contributed by atoms with Crippen molar-refractivity contribution in [3.63, 3.8) is 0 Å². The van der Waals surface area contributed by atoms with Crippen LogP contribution in [0.3, 0.4) is 0 Å². The minimum atomic E-state index is -1.13. The van der Waals surface area contributed by atoms with Gasteiger partial charge in [-0.25, -0.2) is 8.78 Å². The van der Waals surface area contributed by atoms with Crippen LogP contribution >= 0.6 is 11.3 Å². The van der Waals surface area contributed by atoms with Gasteiger partial charge in [-0.1, -0.05) is 32.0 Å².